The number of hydrogen-bond donors (Lipinski definition) is 0. The molecule has 10 heteroatoms. The second kappa shape index (κ2) is 13.4. The van der Waals surface area contributed by atoms with Crippen molar-refractivity contribution in [3.63, 3.8) is 0 Å². The Labute approximate surface area is 308 Å². The number of Topliss-reactive ketones (excluding diaryl/α,β-unsaturated/α-hetero) is 1. The summed E-state index contributed by atoms with van der Waals surface area (Å²) in [6.07, 6.45) is -2.14. The minimum absolute atomic E-state index is 0.234. The Bertz CT molecular complexity index is 1960. The molecule has 3 fully saturated rings. The smallest absolute Gasteiger partial charge is 0.338 e. The van der Waals surface area contributed by atoms with Crippen LogP contribution in [0.15, 0.2) is 103 Å². The Morgan fingerprint density at radius 3 is 1.66 bits per heavy atom. The molecule has 4 aliphatic rings. The van der Waals surface area contributed by atoms with Gasteiger partial charge in [0.2, 0.25) is 0 Å². The zero-order chi connectivity index (χ0) is 37.9. The van der Waals surface area contributed by atoms with E-state index in [0.717, 1.165) is 0 Å². The van der Waals surface area contributed by atoms with E-state index in [-0.39, 0.29) is 23.7 Å². The number of ether oxygens (including phenoxy) is 5. The van der Waals surface area contributed by atoms with Crippen molar-refractivity contribution >= 4 is 29.7 Å². The van der Waals surface area contributed by atoms with Crippen molar-refractivity contribution in [3.05, 3.63) is 119 Å². The zero-order valence-electron chi connectivity index (χ0n) is 30.6. The summed E-state index contributed by atoms with van der Waals surface area (Å²) in [5.74, 6) is -4.87. The maximum atomic E-state index is 14.9. The van der Waals surface area contributed by atoms with Crippen molar-refractivity contribution in [1.29, 1.82) is 0 Å². The standard InChI is InChI=1S/C43H44O10/c1-24-22-43-37(52-40(48)30-20-14-9-15-21-30)25(2)23-42(43,53-43)36(45)26(3)34(49-27(4)44)31-32(41(31,5)6)35(51-39(47)29-18-12-8-13-19-29)33(24)50-38(46)28-16-10-7-11-17-28/h7-22,25-26,31-35,37H,23H2,1-6H3/b24-22-/t25-,26-,31-,32+,33+,34-,35+,37-,42-,43-/m0/s1. The first-order valence-corrected chi connectivity index (χ1v) is 18.1. The number of carbonyl (C=O) groups is 5. The average molecular weight is 721 g/mol. The predicted molar refractivity (Wildman–Crippen MR) is 192 cm³/mol. The number of rotatable bonds is 7. The molecule has 0 aromatic heterocycles. The highest BCUT2D eigenvalue weighted by atomic mass is 16.7. The fourth-order valence-electron chi connectivity index (χ4n) is 9.12. The van der Waals surface area contributed by atoms with Crippen LogP contribution in [-0.4, -0.2) is 65.3 Å². The van der Waals surface area contributed by atoms with Crippen LogP contribution in [0.4, 0.5) is 0 Å². The Morgan fingerprint density at radius 2 is 1.15 bits per heavy atom. The molecule has 10 nitrogen and oxygen atoms in total. The number of carbonyl (C=O) groups excluding carboxylic acids is 5. The fraction of sp³-hybridized carbons (Fsp3) is 0.419. The van der Waals surface area contributed by atoms with Crippen LogP contribution in [0, 0.1) is 29.1 Å². The van der Waals surface area contributed by atoms with E-state index < -0.39 is 82.7 Å². The van der Waals surface area contributed by atoms with E-state index in [4.69, 9.17) is 23.7 Å². The monoisotopic (exact) mass is 720 g/mol. The first-order chi connectivity index (χ1) is 25.2. The lowest BCUT2D eigenvalue weighted by Crippen LogP contribution is -2.43. The third kappa shape index (κ3) is 6.16. The highest BCUT2D eigenvalue weighted by Crippen LogP contribution is 2.69. The van der Waals surface area contributed by atoms with Gasteiger partial charge in [0.15, 0.2) is 23.1 Å². The lowest BCUT2D eigenvalue weighted by molar-refractivity contribution is -0.154. The summed E-state index contributed by atoms with van der Waals surface area (Å²) in [6, 6.07) is 25.5. The molecule has 0 radical (unpaired) electrons. The minimum Gasteiger partial charge on any atom is -0.461 e. The molecule has 10 atom stereocenters. The quantitative estimate of drug-likeness (QED) is 0.114. The summed E-state index contributed by atoms with van der Waals surface area (Å²) in [4.78, 5) is 68.9. The van der Waals surface area contributed by atoms with Gasteiger partial charge < -0.3 is 23.7 Å². The largest absolute Gasteiger partial charge is 0.461 e. The maximum absolute atomic E-state index is 14.9. The Morgan fingerprint density at radius 1 is 0.679 bits per heavy atom. The molecule has 1 saturated heterocycles. The Kier molecular flexibility index (Phi) is 9.17. The van der Waals surface area contributed by atoms with Gasteiger partial charge in [-0.1, -0.05) is 82.3 Å². The van der Waals surface area contributed by atoms with Gasteiger partial charge >= 0.3 is 23.9 Å². The molecule has 276 valence electrons. The topological polar surface area (TPSA) is 135 Å². The summed E-state index contributed by atoms with van der Waals surface area (Å²) in [5.41, 5.74) is -2.12. The SMILES string of the molecule is CC(=O)O[C@@H]1[C@@H]2[C@H]([C@@H](OC(=O)c3ccccc3)[C@H](OC(=O)c3ccccc3)/C(C)=C\[C@@]34O[C@@]3(C[C@H](C)[C@@H]4OC(=O)c3ccccc3)C(=O)[C@H]1C)C2(C)C. The molecular formula is C43H44O10. The molecule has 0 bridgehead atoms. The van der Waals surface area contributed by atoms with Crippen molar-refractivity contribution in [2.75, 3.05) is 0 Å². The average Bonchev–Trinajstić information content (AvgIpc) is 3.94. The van der Waals surface area contributed by atoms with E-state index in [1.807, 2.05) is 20.8 Å². The molecule has 0 spiro atoms. The van der Waals surface area contributed by atoms with E-state index in [0.29, 0.717) is 16.7 Å². The van der Waals surface area contributed by atoms with Gasteiger partial charge in [-0.15, -0.1) is 0 Å². The van der Waals surface area contributed by atoms with Gasteiger partial charge in [-0.2, -0.15) is 0 Å². The number of ketones is 1. The molecule has 1 aliphatic heterocycles. The summed E-state index contributed by atoms with van der Waals surface area (Å²) in [7, 11) is 0. The highest BCUT2D eigenvalue weighted by Gasteiger charge is 2.84. The molecule has 53 heavy (non-hydrogen) atoms. The normalized spacial score (nSPS) is 34.7. The molecule has 1 heterocycles. The molecular weight excluding hydrogens is 676 g/mol. The van der Waals surface area contributed by atoms with Crippen LogP contribution in [0.5, 0.6) is 0 Å². The number of hydrogen-bond acceptors (Lipinski definition) is 10. The number of fused-ring (bicyclic) bond motifs is 1. The van der Waals surface area contributed by atoms with Gasteiger partial charge in [0.1, 0.15) is 18.3 Å². The Hall–Kier alpha value is -5.09. The van der Waals surface area contributed by atoms with Crippen LogP contribution in [-0.2, 0) is 33.3 Å². The summed E-state index contributed by atoms with van der Waals surface area (Å²) >= 11 is 0. The molecule has 7 rings (SSSR count). The van der Waals surface area contributed by atoms with Gasteiger partial charge in [0.05, 0.1) is 22.6 Å². The van der Waals surface area contributed by atoms with Gasteiger partial charge in [-0.25, -0.2) is 14.4 Å². The first-order valence-electron chi connectivity index (χ1n) is 18.1. The molecule has 3 aliphatic carbocycles. The second-order valence-corrected chi connectivity index (χ2v) is 15.5. The summed E-state index contributed by atoms with van der Waals surface area (Å²) in [5, 5.41) is 0. The van der Waals surface area contributed by atoms with E-state index in [1.165, 1.54) is 6.92 Å². The Balaban J connectivity index is 1.39. The third-order valence-electron chi connectivity index (χ3n) is 11.7. The summed E-state index contributed by atoms with van der Waals surface area (Å²) in [6.45, 7) is 10.6. The fourth-order valence-corrected chi connectivity index (χ4v) is 9.12. The van der Waals surface area contributed by atoms with Crippen LogP contribution in [0.2, 0.25) is 0 Å². The van der Waals surface area contributed by atoms with E-state index in [1.54, 1.807) is 111 Å². The van der Waals surface area contributed by atoms with Crippen molar-refractivity contribution in [2.24, 2.45) is 29.1 Å². The summed E-state index contributed by atoms with van der Waals surface area (Å²) < 4.78 is 31.5. The molecule has 0 unspecified atom stereocenters. The number of benzene rings is 3. The van der Waals surface area contributed by atoms with E-state index in [2.05, 4.69) is 0 Å². The lowest BCUT2D eigenvalue weighted by Gasteiger charge is -2.31. The van der Waals surface area contributed by atoms with Gasteiger partial charge in [0, 0.05) is 18.8 Å². The molecule has 0 N–H and O–H groups in total. The maximum Gasteiger partial charge on any atom is 0.338 e. The van der Waals surface area contributed by atoms with Crippen LogP contribution >= 0.6 is 0 Å². The van der Waals surface area contributed by atoms with Crippen molar-refractivity contribution in [1.82, 2.24) is 0 Å². The van der Waals surface area contributed by atoms with Crippen LogP contribution < -0.4 is 0 Å². The highest BCUT2D eigenvalue weighted by molar-refractivity contribution is 5.97. The van der Waals surface area contributed by atoms with Crippen LogP contribution in [0.1, 0.15) is 79.0 Å². The molecule has 2 saturated carbocycles. The van der Waals surface area contributed by atoms with Crippen LogP contribution in [0.25, 0.3) is 0 Å². The third-order valence-corrected chi connectivity index (χ3v) is 11.7. The first kappa shape index (κ1) is 36.3. The predicted octanol–water partition coefficient (Wildman–Crippen LogP) is 6.58. The molecule has 3 aromatic rings. The van der Waals surface area contributed by atoms with Gasteiger partial charge in [-0.3, -0.25) is 9.59 Å². The van der Waals surface area contributed by atoms with Crippen molar-refractivity contribution in [2.45, 2.75) is 83.6 Å². The second-order valence-electron chi connectivity index (χ2n) is 15.5. The minimum atomic E-state index is -1.44. The molecule has 3 aromatic carbocycles. The van der Waals surface area contributed by atoms with Crippen LogP contribution in [0.3, 0.4) is 0 Å². The number of epoxide rings is 1. The van der Waals surface area contributed by atoms with Gasteiger partial charge in [-0.05, 0) is 72.7 Å². The molecule has 0 amide bonds. The lowest BCUT2D eigenvalue weighted by atomic mass is 9.80. The van der Waals surface area contributed by atoms with Crippen molar-refractivity contribution < 1.29 is 47.7 Å². The van der Waals surface area contributed by atoms with Gasteiger partial charge in [0.25, 0.3) is 0 Å². The number of esters is 4. The van der Waals surface area contributed by atoms with E-state index in [9.17, 15) is 24.0 Å². The zero-order valence-corrected chi connectivity index (χ0v) is 30.6. The van der Waals surface area contributed by atoms with Crippen molar-refractivity contribution in [3.8, 4) is 0 Å². The van der Waals surface area contributed by atoms with E-state index >= 15 is 0 Å².